The van der Waals surface area contributed by atoms with Crippen LogP contribution in [0.3, 0.4) is 0 Å². The van der Waals surface area contributed by atoms with Gasteiger partial charge < -0.3 is 24.0 Å². The molecule has 0 saturated carbocycles. The Kier molecular flexibility index (Phi) is 9.64. The number of ether oxygens (including phenoxy) is 1. The van der Waals surface area contributed by atoms with Crippen LogP contribution in [0.2, 0.25) is 18.1 Å². The van der Waals surface area contributed by atoms with Gasteiger partial charge in [0.2, 0.25) is 0 Å². The van der Waals surface area contributed by atoms with Gasteiger partial charge in [-0.15, -0.1) is 0 Å². The predicted molar refractivity (Wildman–Crippen MR) is 154 cm³/mol. The zero-order valence-corrected chi connectivity index (χ0v) is 24.8. The molecule has 37 heavy (non-hydrogen) atoms. The van der Waals surface area contributed by atoms with Gasteiger partial charge in [0.1, 0.15) is 17.7 Å². The minimum absolute atomic E-state index is 0.0704. The number of carbonyl (C=O) groups excluding carboxylic acids is 1. The third kappa shape index (κ3) is 7.48. The van der Waals surface area contributed by atoms with E-state index in [1.807, 2.05) is 4.57 Å². The van der Waals surface area contributed by atoms with Crippen LogP contribution >= 0.6 is 0 Å². The second-order valence-corrected chi connectivity index (χ2v) is 16.4. The third-order valence-corrected chi connectivity index (χ3v) is 12.1. The van der Waals surface area contributed by atoms with Gasteiger partial charge in [0, 0.05) is 30.3 Å². The molecule has 3 aromatic rings. The van der Waals surface area contributed by atoms with Crippen molar-refractivity contribution in [2.24, 2.45) is 12.8 Å². The first-order valence-electron chi connectivity index (χ1n) is 13.6. The number of hydrogen-bond acceptors (Lipinski definition) is 4. The molecular weight excluding hydrogens is 480 g/mol. The van der Waals surface area contributed by atoms with Crippen molar-refractivity contribution < 1.29 is 14.0 Å². The monoisotopic (exact) mass is 526 g/mol. The van der Waals surface area contributed by atoms with Crippen LogP contribution in [0, 0.1) is 0 Å². The largest absolute Gasteiger partial charge is 0.494 e. The lowest BCUT2D eigenvalue weighted by atomic mass is 10.1. The number of aryl methyl sites for hydroxylation is 2. The van der Waals surface area contributed by atoms with Crippen LogP contribution in [0.25, 0.3) is 10.9 Å². The number of imidazole rings is 1. The highest BCUT2D eigenvalue weighted by molar-refractivity contribution is 6.74. The number of carbonyl (C=O) groups is 1. The van der Waals surface area contributed by atoms with Gasteiger partial charge in [-0.25, -0.2) is 4.98 Å². The summed E-state index contributed by atoms with van der Waals surface area (Å²) in [7, 11) is 0.0425. The van der Waals surface area contributed by atoms with Crippen LogP contribution in [0.15, 0.2) is 36.9 Å². The average molecular weight is 527 g/mol. The van der Waals surface area contributed by atoms with Crippen molar-refractivity contribution >= 4 is 25.1 Å². The van der Waals surface area contributed by atoms with Gasteiger partial charge >= 0.3 is 0 Å². The van der Waals surface area contributed by atoms with E-state index < -0.39 is 14.2 Å². The fourth-order valence-electron chi connectivity index (χ4n) is 4.33. The summed E-state index contributed by atoms with van der Waals surface area (Å²) in [6.07, 6.45) is 12.9. The molecule has 1 amide bonds. The molecule has 0 radical (unpaired) electrons. The van der Waals surface area contributed by atoms with Gasteiger partial charge in [0.15, 0.2) is 8.32 Å². The first kappa shape index (κ1) is 29.0. The lowest BCUT2D eigenvalue weighted by molar-refractivity contribution is 0.0988. The van der Waals surface area contributed by atoms with E-state index in [9.17, 15) is 4.79 Å². The number of hydrogen-bond donors (Lipinski definition) is 1. The predicted octanol–water partition coefficient (Wildman–Crippen LogP) is 6.98. The number of nitrogens with two attached hydrogens (primary N) is 1. The van der Waals surface area contributed by atoms with Crippen LogP contribution in [-0.2, 0) is 17.9 Å². The fraction of sp³-hybridized carbons (Fsp3) is 0.586. The Morgan fingerprint density at radius 1 is 1.14 bits per heavy atom. The molecule has 2 heterocycles. The number of amides is 1. The minimum Gasteiger partial charge on any atom is -0.494 e. The van der Waals surface area contributed by atoms with E-state index in [0.717, 1.165) is 38.0 Å². The Morgan fingerprint density at radius 3 is 2.54 bits per heavy atom. The van der Waals surface area contributed by atoms with Gasteiger partial charge in [0.05, 0.1) is 12.9 Å². The zero-order valence-electron chi connectivity index (χ0n) is 23.8. The number of nitrogens with zero attached hydrogens (tertiary/aromatic N) is 3. The summed E-state index contributed by atoms with van der Waals surface area (Å²) in [4.78, 5) is 15.8. The first-order chi connectivity index (χ1) is 17.4. The summed E-state index contributed by atoms with van der Waals surface area (Å²) in [5, 5.41) is 1.31. The molecule has 0 spiro atoms. The van der Waals surface area contributed by atoms with Gasteiger partial charge in [-0.1, -0.05) is 47.0 Å². The van der Waals surface area contributed by atoms with Gasteiger partial charge in [-0.05, 0) is 67.6 Å². The third-order valence-electron chi connectivity index (χ3n) is 7.63. The zero-order chi connectivity index (χ0) is 27.2. The molecule has 8 heteroatoms. The normalized spacial score (nSPS) is 13.3. The molecule has 204 valence electrons. The molecule has 0 saturated heterocycles. The highest BCUT2D eigenvalue weighted by Gasteiger charge is 2.39. The molecule has 1 atom stereocenters. The quantitative estimate of drug-likeness (QED) is 0.181. The molecule has 1 aromatic carbocycles. The molecular formula is C29H46N4O3Si. The molecule has 7 nitrogen and oxygen atoms in total. The lowest BCUT2D eigenvalue weighted by Crippen LogP contribution is -2.42. The summed E-state index contributed by atoms with van der Waals surface area (Å²) < 4.78 is 16.9. The van der Waals surface area contributed by atoms with Crippen LogP contribution in [0.5, 0.6) is 5.75 Å². The Hall–Kier alpha value is -2.58. The van der Waals surface area contributed by atoms with Crippen molar-refractivity contribution in [2.45, 2.75) is 97.0 Å². The highest BCUT2D eigenvalue weighted by Crippen LogP contribution is 2.40. The standard InChI is InChI=1S/C29H46N4O3Si/c1-8-9-10-11-17-35-23-15-16-26-24(18-23)22(19-32(26)5)13-12-14-27(36-37(6,7)29(2,3)4)33-20-25(28(30)34)31-21-33/h15-16,18-21,27H,8-14,17H2,1-7H3,(H2,30,34). The Morgan fingerprint density at radius 2 is 1.89 bits per heavy atom. The molecule has 1 unspecified atom stereocenters. The molecule has 2 aromatic heterocycles. The topological polar surface area (TPSA) is 84.3 Å². The van der Waals surface area contributed by atoms with E-state index >= 15 is 0 Å². The Bertz CT molecular complexity index is 1180. The summed E-state index contributed by atoms with van der Waals surface area (Å²) >= 11 is 0. The van der Waals surface area contributed by atoms with Gasteiger partial charge in [-0.2, -0.15) is 0 Å². The van der Waals surface area contributed by atoms with Crippen molar-refractivity contribution in [1.29, 1.82) is 0 Å². The number of aromatic nitrogens is 3. The fourth-order valence-corrected chi connectivity index (χ4v) is 5.61. The van der Waals surface area contributed by atoms with Crippen molar-refractivity contribution in [2.75, 3.05) is 6.61 Å². The molecule has 0 bridgehead atoms. The van der Waals surface area contributed by atoms with Crippen LogP contribution < -0.4 is 10.5 Å². The summed E-state index contributed by atoms with van der Waals surface area (Å²) in [5.74, 6) is 0.414. The lowest BCUT2D eigenvalue weighted by Gasteiger charge is -2.39. The van der Waals surface area contributed by atoms with Crippen molar-refractivity contribution in [3.8, 4) is 5.75 Å². The maximum Gasteiger partial charge on any atom is 0.268 e. The number of primary amides is 1. The van der Waals surface area contributed by atoms with E-state index in [1.54, 1.807) is 12.5 Å². The molecule has 0 fully saturated rings. The summed E-state index contributed by atoms with van der Waals surface area (Å²) in [6, 6.07) is 6.41. The maximum absolute atomic E-state index is 11.6. The van der Waals surface area contributed by atoms with Crippen molar-refractivity contribution in [1.82, 2.24) is 14.1 Å². The van der Waals surface area contributed by atoms with E-state index in [2.05, 4.69) is 81.8 Å². The van der Waals surface area contributed by atoms with Gasteiger partial charge in [0.25, 0.3) is 5.91 Å². The molecule has 3 rings (SSSR count). The molecule has 0 aliphatic heterocycles. The first-order valence-corrected chi connectivity index (χ1v) is 16.6. The van der Waals surface area contributed by atoms with Crippen molar-refractivity contribution in [3.63, 3.8) is 0 Å². The van der Waals surface area contributed by atoms with E-state index in [1.165, 1.54) is 35.7 Å². The van der Waals surface area contributed by atoms with E-state index in [-0.39, 0.29) is 17.0 Å². The summed E-state index contributed by atoms with van der Waals surface area (Å²) in [5.41, 5.74) is 8.24. The van der Waals surface area contributed by atoms with Gasteiger partial charge in [-0.3, -0.25) is 4.79 Å². The molecule has 2 N–H and O–H groups in total. The second kappa shape index (κ2) is 12.3. The smallest absolute Gasteiger partial charge is 0.268 e. The number of rotatable bonds is 14. The second-order valence-electron chi connectivity index (χ2n) is 11.6. The highest BCUT2D eigenvalue weighted by atomic mass is 28.4. The maximum atomic E-state index is 11.6. The van der Waals surface area contributed by atoms with Crippen LogP contribution in [0.4, 0.5) is 0 Å². The van der Waals surface area contributed by atoms with E-state index in [4.69, 9.17) is 14.9 Å². The van der Waals surface area contributed by atoms with Crippen molar-refractivity contribution in [3.05, 3.63) is 48.2 Å². The Labute approximate surface area is 223 Å². The van der Waals surface area contributed by atoms with E-state index in [0.29, 0.717) is 0 Å². The van der Waals surface area contributed by atoms with Crippen LogP contribution in [-0.4, -0.2) is 34.9 Å². The number of benzene rings is 1. The number of fused-ring (bicyclic) bond motifs is 1. The van der Waals surface area contributed by atoms with Crippen LogP contribution in [0.1, 0.15) is 88.5 Å². The molecule has 0 aliphatic carbocycles. The summed E-state index contributed by atoms with van der Waals surface area (Å²) in [6.45, 7) is 14.2. The SMILES string of the molecule is CCCCCCOc1ccc2c(c1)c(CCCC(O[Si](C)(C)C(C)(C)C)n1cnc(C(N)=O)c1)cn2C. The average Bonchev–Trinajstić information content (AvgIpc) is 3.43. The number of unbranched alkanes of at least 4 members (excludes halogenated alkanes) is 3. The molecule has 0 aliphatic rings. The Balaban J connectivity index is 1.73. The minimum atomic E-state index is -2.05.